The summed E-state index contributed by atoms with van der Waals surface area (Å²) in [5.74, 6) is 2.17. The minimum Gasteiger partial charge on any atom is -0.496 e. The van der Waals surface area contributed by atoms with E-state index in [9.17, 15) is 4.39 Å². The molecule has 4 heterocycles. The number of morpholine rings is 2. The summed E-state index contributed by atoms with van der Waals surface area (Å²) >= 11 is 12.3. The first-order chi connectivity index (χ1) is 28.9. The summed E-state index contributed by atoms with van der Waals surface area (Å²) in [6.45, 7) is 7.16. The van der Waals surface area contributed by atoms with Gasteiger partial charge in [0.2, 0.25) is 5.95 Å². The number of aromatic nitrogens is 2. The largest absolute Gasteiger partial charge is 0.496 e. The van der Waals surface area contributed by atoms with E-state index in [1.54, 1.807) is 26.5 Å². The number of halogens is 3. The van der Waals surface area contributed by atoms with E-state index in [2.05, 4.69) is 58.9 Å². The summed E-state index contributed by atoms with van der Waals surface area (Å²) in [4.78, 5) is 10.6. The van der Waals surface area contributed by atoms with Crippen LogP contribution in [-0.2, 0) is 22.3 Å². The third-order valence-electron chi connectivity index (χ3n) is 9.39. The quantitative estimate of drug-likeness (QED) is 0.114. The van der Waals surface area contributed by atoms with Crippen molar-refractivity contribution in [2.75, 3.05) is 71.7 Å². The van der Waals surface area contributed by atoms with Gasteiger partial charge in [-0.15, -0.1) is 0 Å². The van der Waals surface area contributed by atoms with Crippen molar-refractivity contribution in [2.24, 2.45) is 0 Å². The zero-order valence-electron chi connectivity index (χ0n) is 34.3. The number of anilines is 1. The minimum absolute atomic E-state index is 0. The topological polar surface area (TPSA) is 78.0 Å². The Morgan fingerprint density at radius 3 is 1.56 bits per heavy atom. The van der Waals surface area contributed by atoms with Gasteiger partial charge in [-0.3, -0.25) is 0 Å². The smallest absolute Gasteiger partial charge is 0.212 e. The van der Waals surface area contributed by atoms with E-state index < -0.39 is 5.95 Å². The average molecular weight is 1060 g/mol. The van der Waals surface area contributed by atoms with Crippen LogP contribution in [0.15, 0.2) is 122 Å². The molecule has 2 fully saturated rings. The Balaban J connectivity index is 0.000000223. The fourth-order valence-electron chi connectivity index (χ4n) is 6.49. The number of nitrogens with one attached hydrogen (secondary N) is 1. The molecule has 0 amide bonds. The molecular formula is C46H48BCl2FN4O4U. The molecule has 304 valence electrons. The number of hydrogen-bond donors (Lipinski definition) is 1. The van der Waals surface area contributed by atoms with Crippen LogP contribution in [0.5, 0.6) is 11.5 Å². The molecule has 8 nitrogen and oxygen atoms in total. The van der Waals surface area contributed by atoms with Crippen LogP contribution in [0.1, 0.15) is 22.3 Å². The predicted molar refractivity (Wildman–Crippen MR) is 235 cm³/mol. The van der Waals surface area contributed by atoms with E-state index >= 15 is 0 Å². The maximum Gasteiger partial charge on any atom is 0.212 e. The van der Waals surface area contributed by atoms with Gasteiger partial charge in [-0.1, -0.05) is 71.7 Å². The summed E-state index contributed by atoms with van der Waals surface area (Å²) in [6.07, 6.45) is 5.01. The van der Waals surface area contributed by atoms with Crippen LogP contribution in [0, 0.1) is 37.1 Å². The zero-order valence-corrected chi connectivity index (χ0v) is 39.0. The van der Waals surface area contributed by atoms with E-state index in [-0.39, 0.29) is 31.1 Å². The predicted octanol–water partition coefficient (Wildman–Crippen LogP) is 8.94. The Morgan fingerprint density at radius 1 is 0.661 bits per heavy atom. The van der Waals surface area contributed by atoms with E-state index in [0.29, 0.717) is 16.5 Å². The number of benzene rings is 4. The monoisotopic (exact) mass is 1060 g/mol. The van der Waals surface area contributed by atoms with Crippen molar-refractivity contribution in [1.29, 1.82) is 1.34 Å². The van der Waals surface area contributed by atoms with E-state index in [1.807, 2.05) is 72.9 Å². The molecule has 13 heteroatoms. The number of rotatable bonds is 9. The van der Waals surface area contributed by atoms with E-state index in [4.69, 9.17) is 43.5 Å². The molecule has 0 atom stereocenters. The van der Waals surface area contributed by atoms with Crippen LogP contribution in [0.2, 0.25) is 10.0 Å². The molecule has 1 N–H and O–H groups in total. The molecule has 0 saturated carbocycles. The van der Waals surface area contributed by atoms with Crippen molar-refractivity contribution in [2.45, 2.75) is 12.8 Å². The van der Waals surface area contributed by atoms with Crippen molar-refractivity contribution in [3.8, 4) is 33.8 Å². The van der Waals surface area contributed by atoms with Gasteiger partial charge in [0.1, 0.15) is 17.3 Å². The Morgan fingerprint density at radius 2 is 1.15 bits per heavy atom. The summed E-state index contributed by atoms with van der Waals surface area (Å²) in [5, 5.41) is 4.55. The Labute approximate surface area is 384 Å². The van der Waals surface area contributed by atoms with Crippen molar-refractivity contribution in [3.63, 3.8) is 0 Å². The molecule has 2 radical (unpaired) electrons. The normalized spacial score (nSPS) is 13.4. The van der Waals surface area contributed by atoms with E-state index in [1.165, 1.54) is 17.2 Å². The van der Waals surface area contributed by atoms with Gasteiger partial charge in [0.05, 0.1) is 40.6 Å². The van der Waals surface area contributed by atoms with Gasteiger partial charge in [0, 0.05) is 99.2 Å². The van der Waals surface area contributed by atoms with Gasteiger partial charge >= 0.3 is 0 Å². The Hall–Kier alpha value is -3.91. The molecule has 2 aromatic heterocycles. The molecular weight excluding hydrogens is 1010 g/mol. The van der Waals surface area contributed by atoms with Crippen LogP contribution in [0.4, 0.5) is 10.2 Å². The number of hydrogen-bond acceptors (Lipinski definition) is 8. The molecule has 6 aromatic rings. The van der Waals surface area contributed by atoms with Crippen LogP contribution in [0.25, 0.3) is 22.3 Å². The van der Waals surface area contributed by atoms with Gasteiger partial charge in [0.15, 0.2) is 0 Å². The average Bonchev–Trinajstić information content (AvgIpc) is 3.29. The van der Waals surface area contributed by atoms with Crippen molar-refractivity contribution >= 4 is 37.4 Å². The second kappa shape index (κ2) is 25.0. The molecule has 2 aliphatic heterocycles. The molecule has 59 heavy (non-hydrogen) atoms. The first kappa shape index (κ1) is 46.2. The third-order valence-corrected chi connectivity index (χ3v) is 9.86. The molecule has 8 rings (SSSR count). The van der Waals surface area contributed by atoms with Gasteiger partial charge in [-0.05, 0) is 108 Å². The van der Waals surface area contributed by atoms with Gasteiger partial charge in [-0.25, -0.2) is 9.97 Å². The van der Waals surface area contributed by atoms with Crippen LogP contribution >= 0.6 is 23.2 Å². The van der Waals surface area contributed by atoms with Crippen LogP contribution < -0.4 is 19.7 Å². The second-order valence-corrected chi connectivity index (χ2v) is 14.3. The standard InChI is InChI=1S/C23H23ClN2O2.C19H15ClFNO.C4H9NO.BH.U/c1-27-22-7-5-17(14-21(22)19-3-2-4-20(24)15-19)13-18-6-8-23(25-16-18)26-9-11-28-12-10-26;1-23-18-7-5-13(9-14-6-8-19(21)22-12-14)10-17(18)15-3-2-4-16(20)11-15;1-3-6-4-2-5-1;;/h2-8,14-16H,9-13H2,1H3;2-8,10-12H,9H2,1H3;5H,1-4H2;1H;/i;;;1D;. The summed E-state index contributed by atoms with van der Waals surface area (Å²) in [7, 11) is 7.09. The summed E-state index contributed by atoms with van der Waals surface area (Å²) in [6, 6.07) is 35.1. The molecule has 2 saturated heterocycles. The molecule has 4 aromatic carbocycles. The van der Waals surface area contributed by atoms with E-state index in [0.717, 1.165) is 110 Å². The summed E-state index contributed by atoms with van der Waals surface area (Å²) < 4.78 is 39.6. The molecule has 0 spiro atoms. The number of ether oxygens (including phenoxy) is 4. The van der Waals surface area contributed by atoms with Gasteiger partial charge < -0.3 is 29.2 Å². The fraction of sp³-hybridized carbons (Fsp3) is 0.261. The number of pyridine rings is 2. The van der Waals surface area contributed by atoms with Crippen LogP contribution in [0.3, 0.4) is 0 Å². The van der Waals surface area contributed by atoms with Gasteiger partial charge in [-0.2, -0.15) is 4.39 Å². The van der Waals surface area contributed by atoms with Crippen LogP contribution in [-0.4, -0.2) is 86.5 Å². The van der Waals surface area contributed by atoms with Crippen molar-refractivity contribution in [1.82, 2.24) is 15.3 Å². The molecule has 0 unspecified atom stereocenters. The second-order valence-electron chi connectivity index (χ2n) is 13.4. The maximum absolute atomic E-state index is 12.9. The number of nitrogens with zero attached hydrogens (tertiary/aromatic N) is 3. The fourth-order valence-corrected chi connectivity index (χ4v) is 6.87. The van der Waals surface area contributed by atoms with Crippen molar-refractivity contribution in [3.05, 3.63) is 160 Å². The minimum atomic E-state index is -0.469. The summed E-state index contributed by atoms with van der Waals surface area (Å²) in [5.41, 5.74) is 8.49. The first-order valence-corrected chi connectivity index (χ1v) is 19.7. The Kier molecular flexibility index (Phi) is 19.6. The SMILES string of the molecule is C1COCCN1.COc1ccc(Cc2ccc(F)nc2)cc1-c1cccc(Cl)c1.COc1ccc(Cc2ccc(N3CCOCC3)nc2)cc1-c1cccc(Cl)c1.[2H][B].[U]. The maximum atomic E-state index is 12.9. The third kappa shape index (κ3) is 14.6. The zero-order chi connectivity index (χ0) is 41.8. The van der Waals surface area contributed by atoms with Crippen molar-refractivity contribution < 1.29 is 54.5 Å². The first-order valence-electron chi connectivity index (χ1n) is 19.5. The van der Waals surface area contributed by atoms with Gasteiger partial charge in [0.25, 0.3) is 0 Å². The molecule has 2 aliphatic rings. The molecule has 0 aliphatic carbocycles. The Bertz CT molecular complexity index is 2170. The number of methoxy groups -OCH3 is 2. The molecule has 0 bridgehead atoms.